The molecule has 0 amide bonds. The van der Waals surface area contributed by atoms with Gasteiger partial charge in [-0.3, -0.25) is 4.98 Å². The molecule has 100 valence electrons. The molecule has 1 N–H and O–H groups in total. The third-order valence-electron chi connectivity index (χ3n) is 2.99. The van der Waals surface area contributed by atoms with Crippen molar-refractivity contribution in [3.05, 3.63) is 58.3 Å². The zero-order valence-corrected chi connectivity index (χ0v) is 12.8. The summed E-state index contributed by atoms with van der Waals surface area (Å²) < 4.78 is 1.14. The minimum atomic E-state index is 0.853. The average molecular weight is 320 g/mol. The molecule has 1 aromatic heterocycles. The SMILES string of the molecule is CNCc1ccc(N(C)Cc2cccnc2)cc1Br. The Hall–Kier alpha value is -1.39. The molecule has 4 heteroatoms. The Kier molecular flexibility index (Phi) is 4.93. The standard InChI is InChI=1S/C15H18BrN3/c1-17-10-13-5-6-14(8-15(13)16)19(2)11-12-4-3-7-18-9-12/h3-9,17H,10-11H2,1-2H3. The summed E-state index contributed by atoms with van der Waals surface area (Å²) in [5, 5.41) is 3.16. The van der Waals surface area contributed by atoms with E-state index in [0.717, 1.165) is 17.6 Å². The highest BCUT2D eigenvalue weighted by Crippen LogP contribution is 2.24. The van der Waals surface area contributed by atoms with E-state index in [1.54, 1.807) is 6.20 Å². The molecule has 2 aromatic rings. The number of hydrogen-bond donors (Lipinski definition) is 1. The van der Waals surface area contributed by atoms with Gasteiger partial charge in [0, 0.05) is 42.7 Å². The third-order valence-corrected chi connectivity index (χ3v) is 3.73. The predicted octanol–water partition coefficient (Wildman–Crippen LogP) is 3.20. The average Bonchev–Trinajstić information content (AvgIpc) is 2.42. The van der Waals surface area contributed by atoms with Crippen LogP contribution in [-0.2, 0) is 13.1 Å². The number of nitrogens with zero attached hydrogens (tertiary/aromatic N) is 2. The van der Waals surface area contributed by atoms with Crippen molar-refractivity contribution < 1.29 is 0 Å². The van der Waals surface area contributed by atoms with Crippen molar-refractivity contribution in [2.75, 3.05) is 19.0 Å². The molecule has 0 aliphatic carbocycles. The highest BCUT2D eigenvalue weighted by atomic mass is 79.9. The van der Waals surface area contributed by atoms with Crippen molar-refractivity contribution in [3.63, 3.8) is 0 Å². The van der Waals surface area contributed by atoms with Crippen LogP contribution in [0.25, 0.3) is 0 Å². The van der Waals surface area contributed by atoms with Gasteiger partial charge in [0.15, 0.2) is 0 Å². The van der Waals surface area contributed by atoms with Crippen LogP contribution in [0.5, 0.6) is 0 Å². The smallest absolute Gasteiger partial charge is 0.0441 e. The number of hydrogen-bond acceptors (Lipinski definition) is 3. The van der Waals surface area contributed by atoms with Gasteiger partial charge in [-0.15, -0.1) is 0 Å². The van der Waals surface area contributed by atoms with Gasteiger partial charge in [-0.25, -0.2) is 0 Å². The second kappa shape index (κ2) is 6.68. The molecular formula is C15H18BrN3. The Morgan fingerprint density at radius 1 is 1.32 bits per heavy atom. The van der Waals surface area contributed by atoms with E-state index >= 15 is 0 Å². The number of aromatic nitrogens is 1. The van der Waals surface area contributed by atoms with Crippen molar-refractivity contribution in [1.29, 1.82) is 0 Å². The highest BCUT2D eigenvalue weighted by molar-refractivity contribution is 9.10. The maximum Gasteiger partial charge on any atom is 0.0441 e. The lowest BCUT2D eigenvalue weighted by Crippen LogP contribution is -2.16. The fourth-order valence-electron chi connectivity index (χ4n) is 1.96. The minimum absolute atomic E-state index is 0.853. The van der Waals surface area contributed by atoms with E-state index in [0.29, 0.717) is 0 Å². The first-order chi connectivity index (χ1) is 9.20. The minimum Gasteiger partial charge on any atom is -0.370 e. The molecule has 1 aromatic carbocycles. The topological polar surface area (TPSA) is 28.2 Å². The molecule has 0 atom stereocenters. The summed E-state index contributed by atoms with van der Waals surface area (Å²) in [7, 11) is 4.04. The number of rotatable bonds is 5. The third kappa shape index (κ3) is 3.78. The van der Waals surface area contributed by atoms with Crippen molar-refractivity contribution in [2.45, 2.75) is 13.1 Å². The van der Waals surface area contributed by atoms with E-state index in [4.69, 9.17) is 0 Å². The van der Waals surface area contributed by atoms with Gasteiger partial charge in [-0.1, -0.05) is 28.1 Å². The van der Waals surface area contributed by atoms with Gasteiger partial charge >= 0.3 is 0 Å². The molecule has 19 heavy (non-hydrogen) atoms. The van der Waals surface area contributed by atoms with E-state index in [1.165, 1.54) is 16.8 Å². The van der Waals surface area contributed by atoms with Crippen LogP contribution in [0.2, 0.25) is 0 Å². The van der Waals surface area contributed by atoms with Crippen LogP contribution in [0.4, 0.5) is 5.69 Å². The van der Waals surface area contributed by atoms with Gasteiger partial charge in [0.1, 0.15) is 0 Å². The summed E-state index contributed by atoms with van der Waals surface area (Å²) >= 11 is 3.62. The second-order valence-electron chi connectivity index (χ2n) is 4.52. The first-order valence-electron chi connectivity index (χ1n) is 6.24. The molecule has 0 unspecified atom stereocenters. The zero-order chi connectivity index (χ0) is 13.7. The maximum absolute atomic E-state index is 4.14. The number of anilines is 1. The van der Waals surface area contributed by atoms with Crippen LogP contribution in [-0.4, -0.2) is 19.1 Å². The zero-order valence-electron chi connectivity index (χ0n) is 11.2. The van der Waals surface area contributed by atoms with Gasteiger partial charge < -0.3 is 10.2 Å². The Labute approximate surface area is 122 Å². The van der Waals surface area contributed by atoms with Crippen LogP contribution in [0.15, 0.2) is 47.2 Å². The summed E-state index contributed by atoms with van der Waals surface area (Å²) in [6.45, 7) is 1.72. The van der Waals surface area contributed by atoms with Gasteiger partial charge in [-0.05, 0) is 36.4 Å². The van der Waals surface area contributed by atoms with Crippen LogP contribution in [0.1, 0.15) is 11.1 Å². The Bertz CT molecular complexity index is 528. The van der Waals surface area contributed by atoms with Gasteiger partial charge in [0.25, 0.3) is 0 Å². The Morgan fingerprint density at radius 3 is 2.79 bits per heavy atom. The second-order valence-corrected chi connectivity index (χ2v) is 5.38. The van der Waals surface area contributed by atoms with Crippen molar-refractivity contribution in [3.8, 4) is 0 Å². The van der Waals surface area contributed by atoms with Gasteiger partial charge in [0.05, 0.1) is 0 Å². The molecule has 2 rings (SSSR count). The summed E-state index contributed by atoms with van der Waals surface area (Å²) in [5.41, 5.74) is 3.66. The highest BCUT2D eigenvalue weighted by Gasteiger charge is 2.05. The lowest BCUT2D eigenvalue weighted by Gasteiger charge is -2.20. The Balaban J connectivity index is 2.11. The first-order valence-corrected chi connectivity index (χ1v) is 7.03. The monoisotopic (exact) mass is 319 g/mol. The maximum atomic E-state index is 4.14. The lowest BCUT2D eigenvalue weighted by atomic mass is 10.2. The summed E-state index contributed by atoms with van der Waals surface area (Å²) in [5.74, 6) is 0. The molecule has 0 saturated carbocycles. The summed E-state index contributed by atoms with van der Waals surface area (Å²) in [4.78, 5) is 6.36. The molecule has 1 heterocycles. The molecule has 0 bridgehead atoms. The fourth-order valence-corrected chi connectivity index (χ4v) is 2.47. The first kappa shape index (κ1) is 14.0. The van der Waals surface area contributed by atoms with Crippen molar-refractivity contribution in [1.82, 2.24) is 10.3 Å². The molecule has 0 saturated heterocycles. The summed E-state index contributed by atoms with van der Waals surface area (Å²) in [6.07, 6.45) is 3.70. The molecule has 0 radical (unpaired) electrons. The molecule has 0 aliphatic rings. The normalized spacial score (nSPS) is 10.5. The fraction of sp³-hybridized carbons (Fsp3) is 0.267. The van der Waals surface area contributed by atoms with Crippen molar-refractivity contribution >= 4 is 21.6 Å². The van der Waals surface area contributed by atoms with Crippen molar-refractivity contribution in [2.24, 2.45) is 0 Å². The number of nitrogens with one attached hydrogen (secondary N) is 1. The summed E-state index contributed by atoms with van der Waals surface area (Å²) in [6, 6.07) is 10.5. The molecular weight excluding hydrogens is 302 g/mol. The van der Waals surface area contributed by atoms with Crippen LogP contribution >= 0.6 is 15.9 Å². The van der Waals surface area contributed by atoms with Crippen LogP contribution in [0, 0.1) is 0 Å². The van der Waals surface area contributed by atoms with E-state index in [1.807, 2.05) is 19.3 Å². The quantitative estimate of drug-likeness (QED) is 0.917. The Morgan fingerprint density at radius 2 is 2.16 bits per heavy atom. The van der Waals surface area contributed by atoms with Crippen LogP contribution < -0.4 is 10.2 Å². The largest absolute Gasteiger partial charge is 0.370 e. The van der Waals surface area contributed by atoms with Gasteiger partial charge in [-0.2, -0.15) is 0 Å². The number of pyridine rings is 1. The van der Waals surface area contributed by atoms with E-state index in [-0.39, 0.29) is 0 Å². The van der Waals surface area contributed by atoms with E-state index in [9.17, 15) is 0 Å². The van der Waals surface area contributed by atoms with Gasteiger partial charge in [0.2, 0.25) is 0 Å². The molecule has 3 nitrogen and oxygen atoms in total. The van der Waals surface area contributed by atoms with E-state index in [2.05, 4.69) is 62.4 Å². The van der Waals surface area contributed by atoms with Crippen LogP contribution in [0.3, 0.4) is 0 Å². The number of benzene rings is 1. The lowest BCUT2D eigenvalue weighted by molar-refractivity contribution is 0.813. The molecule has 0 aliphatic heterocycles. The molecule has 0 spiro atoms. The predicted molar refractivity (Wildman–Crippen MR) is 83.2 cm³/mol. The number of halogens is 1. The van der Waals surface area contributed by atoms with E-state index < -0.39 is 0 Å². The molecule has 0 fully saturated rings.